The Labute approximate surface area is 158 Å². The maximum absolute atomic E-state index is 12.5. The molecule has 0 fully saturated rings. The SMILES string of the molecule is COc1ccc(OC)c(NC(=O)c2ccc(OCc3ccccc3)cc2)c1. The zero-order valence-electron chi connectivity index (χ0n) is 15.3. The molecule has 0 heterocycles. The lowest BCUT2D eigenvalue weighted by molar-refractivity contribution is 0.102. The van der Waals surface area contributed by atoms with Gasteiger partial charge in [0.1, 0.15) is 23.9 Å². The highest BCUT2D eigenvalue weighted by Gasteiger charge is 2.11. The summed E-state index contributed by atoms with van der Waals surface area (Å²) < 4.78 is 16.2. The van der Waals surface area contributed by atoms with Gasteiger partial charge in [0.05, 0.1) is 19.9 Å². The van der Waals surface area contributed by atoms with Crippen molar-refractivity contribution >= 4 is 11.6 Å². The zero-order chi connectivity index (χ0) is 19.1. The van der Waals surface area contributed by atoms with Crippen molar-refractivity contribution in [3.8, 4) is 17.2 Å². The van der Waals surface area contributed by atoms with Gasteiger partial charge < -0.3 is 19.5 Å². The first-order valence-electron chi connectivity index (χ1n) is 8.50. The Morgan fingerprint density at radius 1 is 0.852 bits per heavy atom. The number of anilines is 1. The second kappa shape index (κ2) is 8.76. The molecule has 0 unspecified atom stereocenters. The molecule has 138 valence electrons. The molecular formula is C22H21NO4. The highest BCUT2D eigenvalue weighted by molar-refractivity contribution is 6.05. The lowest BCUT2D eigenvalue weighted by atomic mass is 10.2. The number of hydrogen-bond acceptors (Lipinski definition) is 4. The van der Waals surface area contributed by atoms with Gasteiger partial charge in [-0.3, -0.25) is 4.79 Å². The van der Waals surface area contributed by atoms with Crippen LogP contribution in [-0.4, -0.2) is 20.1 Å². The fraction of sp³-hybridized carbons (Fsp3) is 0.136. The molecule has 27 heavy (non-hydrogen) atoms. The van der Waals surface area contributed by atoms with Crippen LogP contribution in [0.15, 0.2) is 72.8 Å². The van der Waals surface area contributed by atoms with Gasteiger partial charge >= 0.3 is 0 Å². The standard InChI is InChI=1S/C22H21NO4/c1-25-19-12-13-21(26-2)20(14-19)23-22(24)17-8-10-18(11-9-17)27-15-16-6-4-3-5-7-16/h3-14H,15H2,1-2H3,(H,23,24). The van der Waals surface area contributed by atoms with Gasteiger partial charge in [0, 0.05) is 11.6 Å². The van der Waals surface area contributed by atoms with Gasteiger partial charge in [-0.15, -0.1) is 0 Å². The summed E-state index contributed by atoms with van der Waals surface area (Å²) in [6.07, 6.45) is 0. The predicted molar refractivity (Wildman–Crippen MR) is 105 cm³/mol. The minimum absolute atomic E-state index is 0.240. The fourth-order valence-corrected chi connectivity index (χ4v) is 2.55. The van der Waals surface area contributed by atoms with E-state index in [1.54, 1.807) is 56.7 Å². The van der Waals surface area contributed by atoms with Gasteiger partial charge in [-0.05, 0) is 42.0 Å². The molecule has 0 aliphatic carbocycles. The van der Waals surface area contributed by atoms with Gasteiger partial charge in [0.25, 0.3) is 5.91 Å². The van der Waals surface area contributed by atoms with Gasteiger partial charge in [-0.1, -0.05) is 30.3 Å². The number of carbonyl (C=O) groups is 1. The number of nitrogens with one attached hydrogen (secondary N) is 1. The maximum Gasteiger partial charge on any atom is 0.255 e. The Morgan fingerprint density at radius 3 is 2.22 bits per heavy atom. The van der Waals surface area contributed by atoms with E-state index in [0.29, 0.717) is 35.1 Å². The highest BCUT2D eigenvalue weighted by Crippen LogP contribution is 2.29. The van der Waals surface area contributed by atoms with Crippen molar-refractivity contribution in [3.05, 3.63) is 83.9 Å². The van der Waals surface area contributed by atoms with E-state index in [1.807, 2.05) is 30.3 Å². The molecule has 0 saturated carbocycles. The Hall–Kier alpha value is -3.47. The van der Waals surface area contributed by atoms with Crippen LogP contribution in [-0.2, 0) is 6.61 Å². The van der Waals surface area contributed by atoms with Crippen LogP contribution in [0.2, 0.25) is 0 Å². The first kappa shape index (κ1) is 18.3. The Morgan fingerprint density at radius 2 is 1.56 bits per heavy atom. The number of benzene rings is 3. The Kier molecular flexibility index (Phi) is 5.94. The lowest BCUT2D eigenvalue weighted by Gasteiger charge is -2.12. The van der Waals surface area contributed by atoms with Crippen LogP contribution in [0.1, 0.15) is 15.9 Å². The van der Waals surface area contributed by atoms with Crippen molar-refractivity contribution in [1.29, 1.82) is 0 Å². The van der Waals surface area contributed by atoms with E-state index in [1.165, 1.54) is 0 Å². The van der Waals surface area contributed by atoms with Crippen LogP contribution in [0, 0.1) is 0 Å². The van der Waals surface area contributed by atoms with E-state index in [4.69, 9.17) is 14.2 Å². The number of rotatable bonds is 7. The Bertz CT molecular complexity index is 892. The molecule has 0 spiro atoms. The van der Waals surface area contributed by atoms with Crippen molar-refractivity contribution in [2.75, 3.05) is 19.5 Å². The first-order valence-corrected chi connectivity index (χ1v) is 8.50. The quantitative estimate of drug-likeness (QED) is 0.670. The molecule has 0 radical (unpaired) electrons. The smallest absolute Gasteiger partial charge is 0.255 e. The van der Waals surface area contributed by atoms with E-state index in [0.717, 1.165) is 5.56 Å². The van der Waals surface area contributed by atoms with Crippen molar-refractivity contribution in [2.24, 2.45) is 0 Å². The van der Waals surface area contributed by atoms with Crippen LogP contribution in [0.25, 0.3) is 0 Å². The summed E-state index contributed by atoms with van der Waals surface area (Å²) in [5.74, 6) is 1.66. The molecule has 1 N–H and O–H groups in total. The summed E-state index contributed by atoms with van der Waals surface area (Å²) in [7, 11) is 3.12. The number of hydrogen-bond donors (Lipinski definition) is 1. The third-order valence-corrected chi connectivity index (χ3v) is 4.02. The molecule has 0 atom stereocenters. The van der Waals surface area contributed by atoms with E-state index < -0.39 is 0 Å². The number of ether oxygens (including phenoxy) is 3. The van der Waals surface area contributed by atoms with E-state index in [-0.39, 0.29) is 5.91 Å². The molecular weight excluding hydrogens is 342 g/mol. The second-order valence-corrected chi connectivity index (χ2v) is 5.82. The third kappa shape index (κ3) is 4.79. The molecule has 0 aliphatic rings. The summed E-state index contributed by atoms with van der Waals surface area (Å²) in [5.41, 5.74) is 2.16. The third-order valence-electron chi connectivity index (χ3n) is 4.02. The van der Waals surface area contributed by atoms with Gasteiger partial charge in [0.2, 0.25) is 0 Å². The average Bonchev–Trinajstić information content (AvgIpc) is 2.73. The summed E-state index contributed by atoms with van der Waals surface area (Å²) in [6, 6.07) is 22.2. The highest BCUT2D eigenvalue weighted by atomic mass is 16.5. The van der Waals surface area contributed by atoms with Crippen LogP contribution >= 0.6 is 0 Å². The minimum Gasteiger partial charge on any atom is -0.497 e. The van der Waals surface area contributed by atoms with Gasteiger partial charge in [-0.25, -0.2) is 0 Å². The summed E-state index contributed by atoms with van der Waals surface area (Å²) in [6.45, 7) is 0.480. The number of methoxy groups -OCH3 is 2. The largest absolute Gasteiger partial charge is 0.497 e. The minimum atomic E-state index is -0.240. The van der Waals surface area contributed by atoms with E-state index in [2.05, 4.69) is 5.32 Å². The molecule has 1 amide bonds. The van der Waals surface area contributed by atoms with Crippen molar-refractivity contribution < 1.29 is 19.0 Å². The average molecular weight is 363 g/mol. The van der Waals surface area contributed by atoms with Crippen LogP contribution in [0.3, 0.4) is 0 Å². The molecule has 5 nitrogen and oxygen atoms in total. The monoisotopic (exact) mass is 363 g/mol. The summed E-state index contributed by atoms with van der Waals surface area (Å²) >= 11 is 0. The summed E-state index contributed by atoms with van der Waals surface area (Å²) in [4.78, 5) is 12.5. The summed E-state index contributed by atoms with van der Waals surface area (Å²) in [5, 5.41) is 2.85. The molecule has 0 aromatic heterocycles. The normalized spacial score (nSPS) is 10.1. The number of carbonyl (C=O) groups excluding carboxylic acids is 1. The topological polar surface area (TPSA) is 56.8 Å². The maximum atomic E-state index is 12.5. The molecule has 5 heteroatoms. The molecule has 3 aromatic carbocycles. The zero-order valence-corrected chi connectivity index (χ0v) is 15.3. The van der Waals surface area contributed by atoms with Crippen LogP contribution in [0.5, 0.6) is 17.2 Å². The fourth-order valence-electron chi connectivity index (χ4n) is 2.55. The lowest BCUT2D eigenvalue weighted by Crippen LogP contribution is -2.12. The van der Waals surface area contributed by atoms with Crippen molar-refractivity contribution in [1.82, 2.24) is 0 Å². The van der Waals surface area contributed by atoms with Gasteiger partial charge in [-0.2, -0.15) is 0 Å². The second-order valence-electron chi connectivity index (χ2n) is 5.82. The molecule has 0 aliphatic heterocycles. The molecule has 3 aromatic rings. The van der Waals surface area contributed by atoms with Gasteiger partial charge in [0.15, 0.2) is 0 Å². The molecule has 3 rings (SSSR count). The molecule has 0 bridgehead atoms. The van der Waals surface area contributed by atoms with Crippen LogP contribution < -0.4 is 19.5 Å². The van der Waals surface area contributed by atoms with E-state index in [9.17, 15) is 4.79 Å². The van der Waals surface area contributed by atoms with E-state index >= 15 is 0 Å². The first-order chi connectivity index (χ1) is 13.2. The molecule has 0 saturated heterocycles. The predicted octanol–water partition coefficient (Wildman–Crippen LogP) is 4.54. The number of amides is 1. The van der Waals surface area contributed by atoms with Crippen molar-refractivity contribution in [2.45, 2.75) is 6.61 Å². The Balaban J connectivity index is 1.65. The van der Waals surface area contributed by atoms with Crippen LogP contribution in [0.4, 0.5) is 5.69 Å². The van der Waals surface area contributed by atoms with Crippen molar-refractivity contribution in [3.63, 3.8) is 0 Å².